The van der Waals surface area contributed by atoms with Crippen molar-refractivity contribution in [2.45, 2.75) is 26.6 Å². The number of rotatable bonds is 6. The maximum absolute atomic E-state index is 10.0. The van der Waals surface area contributed by atoms with Gasteiger partial charge in [-0.1, -0.05) is 42.5 Å². The van der Waals surface area contributed by atoms with Crippen LogP contribution in [0.5, 0.6) is 5.75 Å². The number of aromatic nitrogens is 1. The lowest BCUT2D eigenvalue weighted by atomic mass is 10.1. The Kier molecular flexibility index (Phi) is 5.31. The number of hydrogen-bond donors (Lipinski definition) is 1. The summed E-state index contributed by atoms with van der Waals surface area (Å²) in [6, 6.07) is 17.2. The van der Waals surface area contributed by atoms with Gasteiger partial charge in [-0.2, -0.15) is 0 Å². The van der Waals surface area contributed by atoms with E-state index in [1.165, 1.54) is 0 Å². The van der Waals surface area contributed by atoms with Crippen LogP contribution in [0.1, 0.15) is 30.0 Å². The molecule has 2 aromatic carbocycles. The van der Waals surface area contributed by atoms with Crippen molar-refractivity contribution in [3.63, 3.8) is 0 Å². The number of oxazole rings is 1. The topological polar surface area (TPSA) is 55.5 Å². The van der Waals surface area contributed by atoms with Crippen molar-refractivity contribution < 1.29 is 14.3 Å². The van der Waals surface area contributed by atoms with Gasteiger partial charge in [0.05, 0.1) is 6.10 Å². The van der Waals surface area contributed by atoms with Gasteiger partial charge in [0.15, 0.2) is 0 Å². The normalized spacial score (nSPS) is 12.4. The van der Waals surface area contributed by atoms with E-state index in [1.54, 1.807) is 6.08 Å². The molecule has 3 rings (SSSR count). The molecule has 0 bridgehead atoms. The van der Waals surface area contributed by atoms with Crippen molar-refractivity contribution >= 4 is 0 Å². The second-order valence-corrected chi connectivity index (χ2v) is 5.72. The Morgan fingerprint density at radius 2 is 1.96 bits per heavy atom. The number of hydrogen-bond acceptors (Lipinski definition) is 4. The minimum atomic E-state index is -0.632. The van der Waals surface area contributed by atoms with Gasteiger partial charge >= 0.3 is 0 Å². The van der Waals surface area contributed by atoms with Crippen LogP contribution in [0.15, 0.2) is 71.2 Å². The highest BCUT2D eigenvalue weighted by Crippen LogP contribution is 2.24. The lowest BCUT2D eigenvalue weighted by molar-refractivity contribution is 0.227. The monoisotopic (exact) mass is 335 g/mol. The molecule has 4 heteroatoms. The summed E-state index contributed by atoms with van der Waals surface area (Å²) in [7, 11) is 0. The van der Waals surface area contributed by atoms with Gasteiger partial charge in [-0.05, 0) is 43.7 Å². The van der Waals surface area contributed by atoms with Gasteiger partial charge in [0.1, 0.15) is 23.8 Å². The Morgan fingerprint density at radius 3 is 2.72 bits per heavy atom. The van der Waals surface area contributed by atoms with E-state index < -0.39 is 6.10 Å². The van der Waals surface area contributed by atoms with Gasteiger partial charge in [0, 0.05) is 5.56 Å². The summed E-state index contributed by atoms with van der Waals surface area (Å²) in [6.45, 7) is 4.07. The third kappa shape index (κ3) is 4.17. The van der Waals surface area contributed by atoms with Crippen LogP contribution in [0.25, 0.3) is 11.5 Å². The second-order valence-electron chi connectivity index (χ2n) is 5.72. The summed E-state index contributed by atoms with van der Waals surface area (Å²) in [5, 5.41) is 10.0. The van der Waals surface area contributed by atoms with Crippen molar-refractivity contribution in [3.05, 3.63) is 83.8 Å². The standard InChI is InChI=1S/C21H21NO3/c1-3-8-20(23)17-11-7-12-18(13-17)24-14-19-15(2)25-21(22-19)16-9-5-4-6-10-16/h3-13,20,23H,14H2,1-2H3. The number of aryl methyl sites for hydroxylation is 1. The van der Waals surface area contributed by atoms with Crippen molar-refractivity contribution in [3.8, 4) is 17.2 Å². The minimum absolute atomic E-state index is 0.311. The molecule has 1 N–H and O–H groups in total. The predicted molar refractivity (Wildman–Crippen MR) is 97.2 cm³/mol. The molecule has 3 aromatic rings. The zero-order chi connectivity index (χ0) is 17.6. The van der Waals surface area contributed by atoms with E-state index in [0.717, 1.165) is 22.6 Å². The van der Waals surface area contributed by atoms with Crippen LogP contribution in [0.2, 0.25) is 0 Å². The Morgan fingerprint density at radius 1 is 1.16 bits per heavy atom. The van der Waals surface area contributed by atoms with Crippen LogP contribution >= 0.6 is 0 Å². The fraction of sp³-hybridized carbons (Fsp3) is 0.190. The summed E-state index contributed by atoms with van der Waals surface area (Å²) in [5.41, 5.74) is 2.49. The molecular formula is C21H21NO3. The number of aliphatic hydroxyl groups is 1. The highest BCUT2D eigenvalue weighted by atomic mass is 16.5. The van der Waals surface area contributed by atoms with E-state index in [1.807, 2.05) is 74.5 Å². The number of benzene rings is 2. The van der Waals surface area contributed by atoms with Crippen molar-refractivity contribution in [2.75, 3.05) is 0 Å². The van der Waals surface area contributed by atoms with E-state index in [4.69, 9.17) is 9.15 Å². The maximum Gasteiger partial charge on any atom is 0.226 e. The zero-order valence-corrected chi connectivity index (χ0v) is 14.3. The number of allylic oxidation sites excluding steroid dienone is 1. The molecule has 0 saturated carbocycles. The largest absolute Gasteiger partial charge is 0.487 e. The molecule has 0 aliphatic heterocycles. The summed E-state index contributed by atoms with van der Waals surface area (Å²) in [4.78, 5) is 4.53. The Hall–Kier alpha value is -2.85. The van der Waals surface area contributed by atoms with E-state index >= 15 is 0 Å². The van der Waals surface area contributed by atoms with E-state index in [9.17, 15) is 5.11 Å². The molecule has 4 nitrogen and oxygen atoms in total. The fourth-order valence-corrected chi connectivity index (χ4v) is 2.50. The number of aliphatic hydroxyl groups excluding tert-OH is 1. The Balaban J connectivity index is 1.72. The SMILES string of the molecule is CC=CC(O)c1cccc(OCc2nc(-c3ccccc3)oc2C)c1. The van der Waals surface area contributed by atoms with Gasteiger partial charge in [-0.25, -0.2) is 4.98 Å². The average molecular weight is 335 g/mol. The quantitative estimate of drug-likeness (QED) is 0.655. The first-order valence-corrected chi connectivity index (χ1v) is 8.22. The second kappa shape index (κ2) is 7.81. The number of nitrogens with zero attached hydrogens (tertiary/aromatic N) is 1. The lowest BCUT2D eigenvalue weighted by Crippen LogP contribution is -1.99. The Labute approximate surface area is 147 Å². The maximum atomic E-state index is 10.0. The van der Waals surface area contributed by atoms with E-state index in [2.05, 4.69) is 4.98 Å². The van der Waals surface area contributed by atoms with Crippen LogP contribution in [0, 0.1) is 6.92 Å². The molecule has 0 fully saturated rings. The molecule has 25 heavy (non-hydrogen) atoms. The molecule has 0 aliphatic carbocycles. The molecule has 0 aliphatic rings. The first-order chi connectivity index (χ1) is 12.2. The van der Waals surface area contributed by atoms with E-state index in [-0.39, 0.29) is 0 Å². The zero-order valence-electron chi connectivity index (χ0n) is 14.3. The molecule has 1 aromatic heterocycles. The van der Waals surface area contributed by atoms with Gasteiger partial charge in [0.25, 0.3) is 0 Å². The summed E-state index contributed by atoms with van der Waals surface area (Å²) >= 11 is 0. The van der Waals surface area contributed by atoms with Gasteiger partial charge in [-0.3, -0.25) is 0 Å². The Bertz CT molecular complexity index is 853. The van der Waals surface area contributed by atoms with Crippen LogP contribution < -0.4 is 4.74 Å². The van der Waals surface area contributed by atoms with Crippen molar-refractivity contribution in [2.24, 2.45) is 0 Å². The lowest BCUT2D eigenvalue weighted by Gasteiger charge is -2.09. The summed E-state index contributed by atoms with van der Waals surface area (Å²) in [6.07, 6.45) is 2.92. The van der Waals surface area contributed by atoms with Gasteiger partial charge in [-0.15, -0.1) is 0 Å². The molecule has 1 heterocycles. The molecular weight excluding hydrogens is 314 g/mol. The molecule has 0 amide bonds. The van der Waals surface area contributed by atoms with Gasteiger partial charge < -0.3 is 14.3 Å². The van der Waals surface area contributed by atoms with Crippen LogP contribution in [0.4, 0.5) is 0 Å². The van der Waals surface area contributed by atoms with Crippen LogP contribution in [-0.2, 0) is 6.61 Å². The third-order valence-electron chi connectivity index (χ3n) is 3.86. The van der Waals surface area contributed by atoms with Crippen molar-refractivity contribution in [1.82, 2.24) is 4.98 Å². The highest BCUT2D eigenvalue weighted by Gasteiger charge is 2.12. The average Bonchev–Trinajstić information content (AvgIpc) is 3.02. The molecule has 0 spiro atoms. The molecule has 1 unspecified atom stereocenters. The molecule has 128 valence electrons. The van der Waals surface area contributed by atoms with E-state index in [0.29, 0.717) is 18.2 Å². The van der Waals surface area contributed by atoms with Crippen LogP contribution in [-0.4, -0.2) is 10.1 Å². The summed E-state index contributed by atoms with van der Waals surface area (Å²) in [5.74, 6) is 2.02. The highest BCUT2D eigenvalue weighted by molar-refractivity contribution is 5.53. The smallest absolute Gasteiger partial charge is 0.226 e. The third-order valence-corrected chi connectivity index (χ3v) is 3.86. The first-order valence-electron chi connectivity index (χ1n) is 8.22. The van der Waals surface area contributed by atoms with Crippen molar-refractivity contribution in [1.29, 1.82) is 0 Å². The predicted octanol–water partition coefficient (Wildman–Crippen LogP) is 4.84. The first kappa shape index (κ1) is 17.0. The minimum Gasteiger partial charge on any atom is -0.487 e. The molecule has 0 radical (unpaired) electrons. The van der Waals surface area contributed by atoms with Gasteiger partial charge in [0.2, 0.25) is 5.89 Å². The number of ether oxygens (including phenoxy) is 1. The summed E-state index contributed by atoms with van der Waals surface area (Å²) < 4.78 is 11.6. The van der Waals surface area contributed by atoms with Crippen LogP contribution in [0.3, 0.4) is 0 Å². The fourth-order valence-electron chi connectivity index (χ4n) is 2.50. The molecule has 0 saturated heterocycles. The molecule has 1 atom stereocenters.